The van der Waals surface area contributed by atoms with E-state index in [4.69, 9.17) is 27.9 Å². The van der Waals surface area contributed by atoms with Crippen LogP contribution in [0.1, 0.15) is 24.8 Å². The second-order valence-electron chi connectivity index (χ2n) is 5.76. The van der Waals surface area contributed by atoms with Gasteiger partial charge in [-0.25, -0.2) is 0 Å². The van der Waals surface area contributed by atoms with Crippen LogP contribution in [0, 0.1) is 11.3 Å². The highest BCUT2D eigenvalue weighted by Crippen LogP contribution is 2.50. The van der Waals surface area contributed by atoms with Crippen LogP contribution < -0.4 is 0 Å². The summed E-state index contributed by atoms with van der Waals surface area (Å²) < 4.78 is 6.02. The van der Waals surface area contributed by atoms with Crippen molar-refractivity contribution in [2.24, 2.45) is 11.3 Å². The highest BCUT2D eigenvalue weighted by molar-refractivity contribution is 9.09. The van der Waals surface area contributed by atoms with Gasteiger partial charge in [0.05, 0.1) is 16.1 Å². The van der Waals surface area contributed by atoms with Crippen LogP contribution in [0.15, 0.2) is 18.2 Å². The Bertz CT molecular complexity index is 475. The number of hydrogen-bond donors (Lipinski definition) is 0. The molecule has 3 rings (SSSR count). The number of halogens is 3. The minimum Gasteiger partial charge on any atom is -0.377 e. The predicted molar refractivity (Wildman–Crippen MR) is 83.5 cm³/mol. The lowest BCUT2D eigenvalue weighted by atomic mass is 9.76. The Morgan fingerprint density at radius 1 is 1.32 bits per heavy atom. The predicted octanol–water partition coefficient (Wildman–Crippen LogP) is 5.12. The van der Waals surface area contributed by atoms with Crippen LogP contribution in [-0.4, -0.2) is 18.0 Å². The van der Waals surface area contributed by atoms with E-state index in [0.29, 0.717) is 16.1 Å². The van der Waals surface area contributed by atoms with E-state index >= 15 is 0 Å². The van der Waals surface area contributed by atoms with Crippen LogP contribution in [0.2, 0.25) is 10.0 Å². The van der Waals surface area contributed by atoms with Crippen LogP contribution in [0.4, 0.5) is 0 Å². The maximum atomic E-state index is 6.35. The van der Waals surface area contributed by atoms with Crippen molar-refractivity contribution in [1.29, 1.82) is 0 Å². The van der Waals surface area contributed by atoms with Gasteiger partial charge in [0, 0.05) is 17.4 Å². The Morgan fingerprint density at radius 3 is 2.79 bits per heavy atom. The zero-order valence-corrected chi connectivity index (χ0v) is 13.8. The normalized spacial score (nSPS) is 30.8. The first-order valence-corrected chi connectivity index (χ1v) is 8.64. The zero-order valence-electron chi connectivity index (χ0n) is 10.7. The van der Waals surface area contributed by atoms with Gasteiger partial charge >= 0.3 is 0 Å². The number of rotatable bonds is 4. The average molecular weight is 364 g/mol. The maximum Gasteiger partial charge on any atom is 0.0671 e. The molecular formula is C15H17BrCl2O. The van der Waals surface area contributed by atoms with Gasteiger partial charge in [0.15, 0.2) is 0 Å². The van der Waals surface area contributed by atoms with Crippen molar-refractivity contribution in [2.45, 2.75) is 31.8 Å². The molecule has 2 fully saturated rings. The van der Waals surface area contributed by atoms with Crippen molar-refractivity contribution < 1.29 is 4.74 Å². The standard InChI is InChI=1S/C15H17BrCl2O/c16-9-15(6-7-19-14(15)10-4-5-10)8-11-2-1-3-12(17)13(11)18/h1-3,10,14H,4-9H2. The van der Waals surface area contributed by atoms with E-state index in [9.17, 15) is 0 Å². The first-order chi connectivity index (χ1) is 9.16. The fourth-order valence-corrected chi connectivity index (χ4v) is 4.37. The summed E-state index contributed by atoms with van der Waals surface area (Å²) in [6.45, 7) is 0.866. The average Bonchev–Trinajstić information content (AvgIpc) is 3.17. The van der Waals surface area contributed by atoms with Crippen molar-refractivity contribution in [3.05, 3.63) is 33.8 Å². The molecule has 1 aliphatic carbocycles. The number of benzene rings is 1. The zero-order chi connectivity index (χ0) is 13.5. The van der Waals surface area contributed by atoms with Crippen LogP contribution in [0.5, 0.6) is 0 Å². The summed E-state index contributed by atoms with van der Waals surface area (Å²) in [4.78, 5) is 0. The minimum absolute atomic E-state index is 0.176. The van der Waals surface area contributed by atoms with Crippen molar-refractivity contribution in [3.63, 3.8) is 0 Å². The summed E-state index contributed by atoms with van der Waals surface area (Å²) in [5.41, 5.74) is 1.32. The van der Waals surface area contributed by atoms with E-state index < -0.39 is 0 Å². The summed E-state index contributed by atoms with van der Waals surface area (Å²) in [6.07, 6.45) is 5.04. The molecule has 1 aromatic rings. The van der Waals surface area contributed by atoms with E-state index in [1.807, 2.05) is 12.1 Å². The molecule has 0 bridgehead atoms. The van der Waals surface area contributed by atoms with Gasteiger partial charge in [-0.15, -0.1) is 0 Å². The van der Waals surface area contributed by atoms with Crippen molar-refractivity contribution in [3.8, 4) is 0 Å². The third kappa shape index (κ3) is 2.70. The Hall–Kier alpha value is 0.240. The van der Waals surface area contributed by atoms with Gasteiger partial charge in [-0.2, -0.15) is 0 Å². The molecule has 2 atom stereocenters. The quantitative estimate of drug-likeness (QED) is 0.675. The molecular weight excluding hydrogens is 347 g/mol. The lowest BCUT2D eigenvalue weighted by Gasteiger charge is -2.33. The summed E-state index contributed by atoms with van der Waals surface area (Å²) in [6, 6.07) is 5.91. The fourth-order valence-electron chi connectivity index (χ4n) is 3.19. The molecule has 104 valence electrons. The Balaban J connectivity index is 1.88. The lowest BCUT2D eigenvalue weighted by Crippen LogP contribution is -2.36. The lowest BCUT2D eigenvalue weighted by molar-refractivity contribution is 0.0413. The van der Waals surface area contributed by atoms with Gasteiger partial charge in [-0.3, -0.25) is 0 Å². The number of alkyl halides is 1. The van der Waals surface area contributed by atoms with E-state index in [2.05, 4.69) is 22.0 Å². The molecule has 4 heteroatoms. The first kappa shape index (κ1) is 14.2. The van der Waals surface area contributed by atoms with Gasteiger partial charge in [0.2, 0.25) is 0 Å². The summed E-state index contributed by atoms with van der Waals surface area (Å²) in [5.74, 6) is 0.748. The topological polar surface area (TPSA) is 9.23 Å². The van der Waals surface area contributed by atoms with Crippen LogP contribution in [0.3, 0.4) is 0 Å². The highest BCUT2D eigenvalue weighted by atomic mass is 79.9. The Morgan fingerprint density at radius 2 is 2.11 bits per heavy atom. The molecule has 1 heterocycles. The largest absolute Gasteiger partial charge is 0.377 e. The first-order valence-electron chi connectivity index (χ1n) is 6.77. The molecule has 1 nitrogen and oxygen atoms in total. The second-order valence-corrected chi connectivity index (χ2v) is 7.11. The van der Waals surface area contributed by atoms with Gasteiger partial charge < -0.3 is 4.74 Å². The van der Waals surface area contributed by atoms with Gasteiger partial charge in [-0.1, -0.05) is 51.3 Å². The van der Waals surface area contributed by atoms with E-state index in [1.165, 1.54) is 12.8 Å². The van der Waals surface area contributed by atoms with Gasteiger partial charge in [0.25, 0.3) is 0 Å². The molecule has 0 spiro atoms. The SMILES string of the molecule is Clc1cccc(CC2(CBr)CCOC2C2CC2)c1Cl. The molecule has 1 aromatic carbocycles. The molecule has 2 aliphatic rings. The fraction of sp³-hybridized carbons (Fsp3) is 0.600. The smallest absolute Gasteiger partial charge is 0.0671 e. The van der Waals surface area contributed by atoms with Crippen molar-refractivity contribution >= 4 is 39.1 Å². The van der Waals surface area contributed by atoms with Gasteiger partial charge in [-0.05, 0) is 43.2 Å². The van der Waals surface area contributed by atoms with Crippen molar-refractivity contribution in [2.75, 3.05) is 11.9 Å². The molecule has 1 saturated carbocycles. The molecule has 19 heavy (non-hydrogen) atoms. The van der Waals surface area contributed by atoms with Crippen LogP contribution in [-0.2, 0) is 11.2 Å². The second kappa shape index (κ2) is 5.55. The number of ether oxygens (including phenoxy) is 1. The molecule has 1 saturated heterocycles. The Kier molecular flexibility index (Phi) is 4.15. The number of hydrogen-bond acceptors (Lipinski definition) is 1. The maximum absolute atomic E-state index is 6.35. The minimum atomic E-state index is 0.176. The Labute approximate surface area is 132 Å². The highest BCUT2D eigenvalue weighted by Gasteiger charge is 2.50. The molecule has 0 radical (unpaired) electrons. The van der Waals surface area contributed by atoms with E-state index in [0.717, 1.165) is 36.3 Å². The van der Waals surface area contributed by atoms with Crippen LogP contribution in [0.25, 0.3) is 0 Å². The summed E-state index contributed by atoms with van der Waals surface area (Å²) >= 11 is 16.2. The molecule has 0 N–H and O–H groups in total. The summed E-state index contributed by atoms with van der Waals surface area (Å²) in [7, 11) is 0. The molecule has 1 aliphatic heterocycles. The third-order valence-corrected chi connectivity index (χ3v) is 6.37. The molecule has 0 aromatic heterocycles. The van der Waals surface area contributed by atoms with Crippen LogP contribution >= 0.6 is 39.1 Å². The molecule has 2 unspecified atom stereocenters. The van der Waals surface area contributed by atoms with E-state index in [-0.39, 0.29) is 5.41 Å². The van der Waals surface area contributed by atoms with Gasteiger partial charge in [0.1, 0.15) is 0 Å². The molecule has 0 amide bonds. The van der Waals surface area contributed by atoms with E-state index in [1.54, 1.807) is 0 Å². The monoisotopic (exact) mass is 362 g/mol. The summed E-state index contributed by atoms with van der Waals surface area (Å²) in [5, 5.41) is 2.31. The van der Waals surface area contributed by atoms with Crippen molar-refractivity contribution in [1.82, 2.24) is 0 Å². The third-order valence-electron chi connectivity index (χ3n) is 4.39.